The molecule has 228 valence electrons. The predicted octanol–water partition coefficient (Wildman–Crippen LogP) is 2.40. The molecule has 0 N–H and O–H groups in total. The van der Waals surface area contributed by atoms with E-state index in [9.17, 15) is 0 Å². The van der Waals surface area contributed by atoms with Crippen molar-refractivity contribution in [3.8, 4) is 0 Å². The number of hydrogen-bond acceptors (Lipinski definition) is 10. The van der Waals surface area contributed by atoms with E-state index in [1.165, 1.54) is 10.8 Å². The summed E-state index contributed by atoms with van der Waals surface area (Å²) in [5.41, 5.74) is 3.12. The van der Waals surface area contributed by atoms with Gasteiger partial charge in [-0.15, -0.1) is 0 Å². The van der Waals surface area contributed by atoms with E-state index in [4.69, 9.17) is 35.1 Å². The van der Waals surface area contributed by atoms with Crippen LogP contribution in [0.4, 0.5) is 0 Å². The predicted molar refractivity (Wildman–Crippen MR) is 159 cm³/mol. The Balaban J connectivity index is 1.27. The summed E-state index contributed by atoms with van der Waals surface area (Å²) >= 11 is -5.90. The van der Waals surface area contributed by atoms with Gasteiger partial charge in [0.25, 0.3) is 0 Å². The van der Waals surface area contributed by atoms with Crippen molar-refractivity contribution < 1.29 is 35.1 Å². The van der Waals surface area contributed by atoms with Gasteiger partial charge in [0, 0.05) is 0 Å². The molecule has 10 nitrogen and oxygen atoms in total. The number of fused-ring (bicyclic) bond motifs is 10. The number of rotatable bonds is 7. The van der Waals surface area contributed by atoms with E-state index < -0.39 is 18.2 Å². The van der Waals surface area contributed by atoms with E-state index in [0.717, 1.165) is 27.2 Å². The molecular weight excluding hydrogens is 674 g/mol. The molecule has 0 saturated carbocycles. The van der Waals surface area contributed by atoms with Gasteiger partial charge in [-0.1, -0.05) is 0 Å². The molecule has 4 bridgehead atoms. The minimum absolute atomic E-state index is 0.219. The molecule has 0 spiro atoms. The second kappa shape index (κ2) is 10.0. The van der Waals surface area contributed by atoms with Crippen molar-refractivity contribution >= 4 is 28.8 Å². The molecule has 8 unspecified atom stereocenters. The molecule has 0 radical (unpaired) electrons. The molecular formula is C33H33N2O8Sb. The van der Waals surface area contributed by atoms with Crippen LogP contribution in [-0.4, -0.2) is 77.8 Å². The van der Waals surface area contributed by atoms with Gasteiger partial charge in [0.15, 0.2) is 0 Å². The van der Waals surface area contributed by atoms with Gasteiger partial charge in [0.2, 0.25) is 0 Å². The topological polar surface area (TPSA) is 80.3 Å². The van der Waals surface area contributed by atoms with Gasteiger partial charge >= 0.3 is 258 Å². The first-order valence-corrected chi connectivity index (χ1v) is 20.9. The van der Waals surface area contributed by atoms with Gasteiger partial charge in [-0.25, -0.2) is 0 Å². The second-order valence-electron chi connectivity index (χ2n) is 12.3. The number of hydrogen-bond donors (Lipinski definition) is 0. The Morgan fingerprint density at radius 2 is 0.818 bits per heavy atom. The van der Waals surface area contributed by atoms with Crippen molar-refractivity contribution in [2.45, 2.75) is 69.6 Å². The summed E-state index contributed by atoms with van der Waals surface area (Å²) in [5, 5.41) is 2.34. The van der Waals surface area contributed by atoms with Crippen LogP contribution in [-0.2, 0) is 35.1 Å². The van der Waals surface area contributed by atoms with Crippen LogP contribution in [0.2, 0.25) is 0 Å². The van der Waals surface area contributed by atoms with Crippen LogP contribution < -0.4 is 10.5 Å². The van der Waals surface area contributed by atoms with Crippen molar-refractivity contribution in [1.29, 1.82) is 0 Å². The van der Waals surface area contributed by atoms with E-state index in [0.29, 0.717) is 0 Å². The van der Waals surface area contributed by atoms with Crippen LogP contribution in [0.3, 0.4) is 0 Å². The molecule has 4 fully saturated rings. The third-order valence-electron chi connectivity index (χ3n) is 9.24. The average molecular weight is 707 g/mol. The third kappa shape index (κ3) is 3.98. The van der Waals surface area contributed by atoms with Gasteiger partial charge < -0.3 is 0 Å². The first-order chi connectivity index (χ1) is 21.4. The first kappa shape index (κ1) is 27.8. The normalized spacial score (nSPS) is 34.5. The Morgan fingerprint density at radius 1 is 0.500 bits per heavy atom. The van der Waals surface area contributed by atoms with Gasteiger partial charge in [-0.2, -0.15) is 0 Å². The van der Waals surface area contributed by atoms with Crippen molar-refractivity contribution in [2.24, 2.45) is 0 Å². The molecule has 0 aliphatic carbocycles. The third-order valence-corrected chi connectivity index (χ3v) is 22.2. The first-order valence-electron chi connectivity index (χ1n) is 15.0. The Kier molecular flexibility index (Phi) is 6.34. The maximum atomic E-state index is 7.36. The van der Waals surface area contributed by atoms with Gasteiger partial charge in [0.05, 0.1) is 0 Å². The second-order valence-corrected chi connectivity index (χ2v) is 23.1. The molecule has 3 aromatic carbocycles. The fourth-order valence-electron chi connectivity index (χ4n) is 7.12. The van der Waals surface area contributed by atoms with E-state index in [-0.39, 0.29) is 48.8 Å². The zero-order valence-electron chi connectivity index (χ0n) is 24.5. The Bertz CT molecular complexity index is 1490. The summed E-state index contributed by atoms with van der Waals surface area (Å²) in [7, 11) is 0. The van der Waals surface area contributed by atoms with Crippen LogP contribution in [0.15, 0.2) is 97.1 Å². The summed E-state index contributed by atoms with van der Waals surface area (Å²) in [6.07, 6.45) is 5.76. The van der Waals surface area contributed by atoms with Crippen LogP contribution in [0.1, 0.15) is 16.7 Å². The molecule has 0 amide bonds. The SMILES string of the molecule is Cc1ccc[c]([Sb]([O]N2OC3C4C=CC(O4)C3O2)([O]N2OC3C4C=CC(O4)C3O2)([c]2cccc(C)c2)[c]2cccc(C)c2)c1. The average Bonchev–Trinajstić information content (AvgIpc) is 3.85. The Hall–Kier alpha value is -2.44. The fourth-order valence-corrected chi connectivity index (χ4v) is 20.1. The van der Waals surface area contributed by atoms with Gasteiger partial charge in [-0.3, -0.25) is 0 Å². The van der Waals surface area contributed by atoms with E-state index in [1.807, 2.05) is 42.5 Å². The fraction of sp³-hybridized carbons (Fsp3) is 0.333. The van der Waals surface area contributed by atoms with Crippen molar-refractivity contribution in [3.63, 3.8) is 0 Å². The van der Waals surface area contributed by atoms with Gasteiger partial charge in [0.1, 0.15) is 0 Å². The van der Waals surface area contributed by atoms with Crippen molar-refractivity contribution in [1.82, 2.24) is 10.8 Å². The molecule has 6 aliphatic heterocycles. The summed E-state index contributed by atoms with van der Waals surface area (Å²) in [5.74, 6) is 0. The van der Waals surface area contributed by atoms with E-state index in [2.05, 4.69) is 75.4 Å². The van der Waals surface area contributed by atoms with E-state index >= 15 is 0 Å². The molecule has 6 heterocycles. The standard InChI is InChI=1S/3C7H7.2C6H6NO4.Sb/c3*1-7-5-3-2-4-6-7;2*8-7-10-5-3-1-2-4(9-3)6(5)11-7;/h3*2-3,5-6H,1H3;2*1-6H;/q;;;2*-1;+2. The molecule has 3 aromatic rings. The molecule has 9 rings (SSSR count). The van der Waals surface area contributed by atoms with Crippen LogP contribution in [0.25, 0.3) is 0 Å². The number of nitrogens with zero attached hydrogens (tertiary/aromatic N) is 2. The van der Waals surface area contributed by atoms with E-state index in [1.54, 1.807) is 0 Å². The number of aryl methyl sites for hydroxylation is 3. The maximum absolute atomic E-state index is 7.36. The zero-order chi connectivity index (χ0) is 29.7. The van der Waals surface area contributed by atoms with Crippen LogP contribution >= 0.6 is 0 Å². The monoisotopic (exact) mass is 706 g/mol. The molecule has 8 atom stereocenters. The summed E-state index contributed by atoms with van der Waals surface area (Å²) in [4.78, 5) is 25.6. The van der Waals surface area contributed by atoms with Crippen molar-refractivity contribution in [3.05, 3.63) is 114 Å². The summed E-state index contributed by atoms with van der Waals surface area (Å²) in [6.45, 7) is 6.17. The molecule has 11 heteroatoms. The zero-order valence-corrected chi connectivity index (χ0v) is 27.0. The quantitative estimate of drug-likeness (QED) is 0.270. The van der Waals surface area contributed by atoms with Crippen molar-refractivity contribution in [2.75, 3.05) is 0 Å². The van der Waals surface area contributed by atoms with Gasteiger partial charge in [-0.05, 0) is 0 Å². The molecule has 0 aromatic heterocycles. The number of ether oxygens (including phenoxy) is 2. The molecule has 6 aliphatic rings. The summed E-state index contributed by atoms with van der Waals surface area (Å²) in [6, 6.07) is 24.7. The van der Waals surface area contributed by atoms with Crippen LogP contribution in [0.5, 0.6) is 0 Å². The summed E-state index contributed by atoms with van der Waals surface area (Å²) < 4.78 is 29.2. The Morgan fingerprint density at radius 3 is 1.11 bits per heavy atom. The molecule has 4 saturated heterocycles. The Labute approximate surface area is 257 Å². The van der Waals surface area contributed by atoms with Crippen LogP contribution in [0, 0.1) is 20.8 Å². The minimum atomic E-state index is -5.90. The number of benzene rings is 3. The molecule has 44 heavy (non-hydrogen) atoms.